The van der Waals surface area contributed by atoms with Crippen LogP contribution in [-0.2, 0) is 0 Å². The molecule has 2 aromatic heterocycles. The number of nitrogens with zero attached hydrogens (tertiary/aromatic N) is 1. The van der Waals surface area contributed by atoms with Gasteiger partial charge in [-0.2, -0.15) is 0 Å². The predicted octanol–water partition coefficient (Wildman–Crippen LogP) is 4.82. The van der Waals surface area contributed by atoms with Crippen molar-refractivity contribution in [3.05, 3.63) is 35.8 Å². The lowest BCUT2D eigenvalue weighted by Gasteiger charge is -2.14. The van der Waals surface area contributed by atoms with Crippen molar-refractivity contribution in [3.8, 4) is 0 Å². The van der Waals surface area contributed by atoms with Crippen molar-refractivity contribution in [3.63, 3.8) is 0 Å². The molecule has 1 atom stereocenters. The zero-order valence-electron chi connectivity index (χ0n) is 9.24. The summed E-state index contributed by atoms with van der Waals surface area (Å²) < 4.78 is 2.24. The molecule has 0 aliphatic carbocycles. The molecular weight excluding hydrogens is 384 g/mol. The van der Waals surface area contributed by atoms with Gasteiger partial charge in [0.15, 0.2) is 0 Å². The highest BCUT2D eigenvalue weighted by molar-refractivity contribution is 9.13. The maximum atomic E-state index is 4.42. The normalized spacial score (nSPS) is 12.9. The van der Waals surface area contributed by atoms with Crippen LogP contribution in [0.3, 0.4) is 0 Å². The molecule has 1 N–H and O–H groups in total. The minimum atomic E-state index is 0.211. The molecule has 2 heterocycles. The fourth-order valence-electron chi connectivity index (χ4n) is 1.48. The van der Waals surface area contributed by atoms with Crippen LogP contribution in [0.25, 0.3) is 0 Å². The molecule has 0 bridgehead atoms. The lowest BCUT2D eigenvalue weighted by molar-refractivity contribution is 0.603. The summed E-state index contributed by atoms with van der Waals surface area (Å²) in [7, 11) is 0. The van der Waals surface area contributed by atoms with Crippen molar-refractivity contribution in [1.29, 1.82) is 0 Å². The van der Waals surface area contributed by atoms with Crippen LogP contribution in [0.15, 0.2) is 25.9 Å². The second-order valence-corrected chi connectivity index (χ2v) is 7.71. The Labute approximate surface area is 126 Å². The van der Waals surface area contributed by atoms with E-state index >= 15 is 0 Å². The molecule has 2 rings (SSSR count). The van der Waals surface area contributed by atoms with E-state index in [1.165, 1.54) is 4.88 Å². The van der Waals surface area contributed by atoms with Crippen LogP contribution in [0.5, 0.6) is 0 Å². The topological polar surface area (TPSA) is 24.9 Å². The van der Waals surface area contributed by atoms with Crippen LogP contribution in [0.4, 0.5) is 0 Å². The Morgan fingerprint density at radius 1 is 1.47 bits per heavy atom. The first-order chi connectivity index (χ1) is 8.22. The van der Waals surface area contributed by atoms with E-state index in [2.05, 4.69) is 55.2 Å². The number of hydrogen-bond donors (Lipinski definition) is 1. The van der Waals surface area contributed by atoms with E-state index in [0.717, 1.165) is 26.2 Å². The van der Waals surface area contributed by atoms with Crippen molar-refractivity contribution in [2.45, 2.75) is 19.4 Å². The molecule has 0 saturated heterocycles. The molecule has 0 amide bonds. The van der Waals surface area contributed by atoms with Gasteiger partial charge in [-0.1, -0.05) is 6.92 Å². The second kappa shape index (κ2) is 6.43. The lowest BCUT2D eigenvalue weighted by Crippen LogP contribution is -2.22. The van der Waals surface area contributed by atoms with E-state index in [9.17, 15) is 0 Å². The zero-order chi connectivity index (χ0) is 12.3. The molecule has 2 aromatic rings. The summed E-state index contributed by atoms with van der Waals surface area (Å²) in [5.74, 6) is 0. The molecule has 92 valence electrons. The maximum absolute atomic E-state index is 4.42. The van der Waals surface area contributed by atoms with Crippen molar-refractivity contribution in [2.75, 3.05) is 6.54 Å². The molecular formula is C11H12Br2N2S2. The third-order valence-corrected chi connectivity index (χ3v) is 6.41. The third-order valence-electron chi connectivity index (χ3n) is 2.25. The molecule has 0 radical (unpaired) electrons. The highest BCUT2D eigenvalue weighted by Crippen LogP contribution is 2.37. The SMILES string of the molecule is CCCNC(c1cc(Br)c(Br)s1)c1nccs1. The number of aromatic nitrogens is 1. The van der Waals surface area contributed by atoms with Gasteiger partial charge in [-0.15, -0.1) is 22.7 Å². The molecule has 0 aromatic carbocycles. The number of nitrogens with one attached hydrogen (secondary N) is 1. The summed E-state index contributed by atoms with van der Waals surface area (Å²) in [6.45, 7) is 3.17. The number of thiazole rings is 1. The van der Waals surface area contributed by atoms with Crippen LogP contribution >= 0.6 is 54.5 Å². The minimum Gasteiger partial charge on any atom is -0.304 e. The Kier molecular flexibility index (Phi) is 5.17. The van der Waals surface area contributed by atoms with Crippen LogP contribution in [0.2, 0.25) is 0 Å². The first kappa shape index (κ1) is 13.7. The Morgan fingerprint density at radius 3 is 2.82 bits per heavy atom. The van der Waals surface area contributed by atoms with Crippen molar-refractivity contribution in [2.24, 2.45) is 0 Å². The summed E-state index contributed by atoms with van der Waals surface area (Å²) in [6, 6.07) is 2.37. The van der Waals surface area contributed by atoms with Gasteiger partial charge in [-0.25, -0.2) is 4.98 Å². The molecule has 0 fully saturated rings. The fraction of sp³-hybridized carbons (Fsp3) is 0.364. The highest BCUT2D eigenvalue weighted by atomic mass is 79.9. The number of thiophene rings is 1. The van der Waals surface area contributed by atoms with Gasteiger partial charge in [0.1, 0.15) is 5.01 Å². The maximum Gasteiger partial charge on any atom is 0.115 e. The van der Waals surface area contributed by atoms with E-state index in [1.807, 2.05) is 11.6 Å². The number of halogens is 2. The number of rotatable bonds is 5. The molecule has 0 aliphatic heterocycles. The highest BCUT2D eigenvalue weighted by Gasteiger charge is 2.19. The van der Waals surface area contributed by atoms with E-state index in [0.29, 0.717) is 0 Å². The first-order valence-corrected chi connectivity index (χ1v) is 8.58. The molecule has 0 spiro atoms. The van der Waals surface area contributed by atoms with Gasteiger partial charge in [0, 0.05) is 20.9 Å². The van der Waals surface area contributed by atoms with Gasteiger partial charge in [-0.3, -0.25) is 0 Å². The van der Waals surface area contributed by atoms with Crippen LogP contribution in [-0.4, -0.2) is 11.5 Å². The molecule has 17 heavy (non-hydrogen) atoms. The van der Waals surface area contributed by atoms with Gasteiger partial charge < -0.3 is 5.32 Å². The average molecular weight is 396 g/mol. The second-order valence-electron chi connectivity index (χ2n) is 3.53. The molecule has 6 heteroatoms. The monoisotopic (exact) mass is 394 g/mol. The van der Waals surface area contributed by atoms with E-state index < -0.39 is 0 Å². The summed E-state index contributed by atoms with van der Waals surface area (Å²) in [4.78, 5) is 5.70. The summed E-state index contributed by atoms with van der Waals surface area (Å²) in [6.07, 6.45) is 2.98. The summed E-state index contributed by atoms with van der Waals surface area (Å²) in [5, 5.41) is 6.69. The van der Waals surface area contributed by atoms with E-state index in [4.69, 9.17) is 0 Å². The van der Waals surface area contributed by atoms with E-state index in [1.54, 1.807) is 22.7 Å². The quantitative estimate of drug-likeness (QED) is 0.784. The van der Waals surface area contributed by atoms with Crippen molar-refractivity contribution < 1.29 is 0 Å². The Bertz CT molecular complexity index is 448. The molecule has 1 unspecified atom stereocenters. The zero-order valence-corrected chi connectivity index (χ0v) is 14.0. The van der Waals surface area contributed by atoms with Gasteiger partial charge >= 0.3 is 0 Å². The Hall–Kier alpha value is 0.250. The minimum absolute atomic E-state index is 0.211. The largest absolute Gasteiger partial charge is 0.304 e. The molecule has 2 nitrogen and oxygen atoms in total. The van der Waals surface area contributed by atoms with Gasteiger partial charge in [-0.05, 0) is 50.9 Å². The Morgan fingerprint density at radius 2 is 2.29 bits per heavy atom. The smallest absolute Gasteiger partial charge is 0.115 e. The predicted molar refractivity (Wildman–Crippen MR) is 82.0 cm³/mol. The standard InChI is InChI=1S/C11H12Br2N2S2/c1-2-3-14-9(11-15-4-5-16-11)8-6-7(12)10(13)17-8/h4-6,9,14H,2-3H2,1H3. The van der Waals surface area contributed by atoms with Gasteiger partial charge in [0.25, 0.3) is 0 Å². The van der Waals surface area contributed by atoms with Crippen LogP contribution in [0.1, 0.15) is 29.3 Å². The van der Waals surface area contributed by atoms with Crippen LogP contribution in [0, 0.1) is 0 Å². The van der Waals surface area contributed by atoms with Gasteiger partial charge in [0.05, 0.1) is 9.83 Å². The molecule has 0 saturated carbocycles. The first-order valence-electron chi connectivity index (χ1n) is 5.30. The Balaban J connectivity index is 2.26. The average Bonchev–Trinajstić information content (AvgIpc) is 2.92. The summed E-state index contributed by atoms with van der Waals surface area (Å²) in [5.41, 5.74) is 0. The van der Waals surface area contributed by atoms with Gasteiger partial charge in [0.2, 0.25) is 0 Å². The van der Waals surface area contributed by atoms with Crippen LogP contribution < -0.4 is 5.32 Å². The lowest BCUT2D eigenvalue weighted by atomic mass is 10.2. The fourth-order valence-corrected chi connectivity index (χ4v) is 4.45. The van der Waals surface area contributed by atoms with Crippen molar-refractivity contribution in [1.82, 2.24) is 10.3 Å². The number of hydrogen-bond acceptors (Lipinski definition) is 4. The summed E-state index contributed by atoms with van der Waals surface area (Å²) >= 11 is 10.5. The third kappa shape index (κ3) is 3.38. The van der Waals surface area contributed by atoms with Crippen molar-refractivity contribution >= 4 is 54.5 Å². The van der Waals surface area contributed by atoms with E-state index in [-0.39, 0.29) is 6.04 Å². The molecule has 0 aliphatic rings.